The van der Waals surface area contributed by atoms with Gasteiger partial charge in [-0.05, 0) is 69.9 Å². The zero-order valence-corrected chi connectivity index (χ0v) is 12.2. The van der Waals surface area contributed by atoms with Gasteiger partial charge in [-0.25, -0.2) is 0 Å². The molecule has 0 N–H and O–H groups in total. The van der Waals surface area contributed by atoms with Crippen LogP contribution in [0.5, 0.6) is 0 Å². The molecule has 1 atom stereocenters. The van der Waals surface area contributed by atoms with Crippen LogP contribution in [0.3, 0.4) is 0 Å². The minimum absolute atomic E-state index is 0. The Morgan fingerprint density at radius 1 is 0.684 bits per heavy atom. The molecule has 0 heterocycles. The second kappa shape index (κ2) is 9.74. The number of rotatable bonds is 2. The van der Waals surface area contributed by atoms with E-state index in [1.165, 1.54) is 0 Å². The van der Waals surface area contributed by atoms with Gasteiger partial charge in [0.25, 0.3) is 0 Å². The molecule has 1 aromatic rings. The average Bonchev–Trinajstić information content (AvgIpc) is 3.14. The Morgan fingerprint density at radius 3 is 1.63 bits per heavy atom. The van der Waals surface area contributed by atoms with E-state index in [9.17, 15) is 4.21 Å². The van der Waals surface area contributed by atoms with Gasteiger partial charge in [-0.2, -0.15) is 0 Å². The summed E-state index contributed by atoms with van der Waals surface area (Å²) < 4.78 is 11.8. The van der Waals surface area contributed by atoms with Crippen molar-refractivity contribution >= 4 is 10.8 Å². The number of hydrogen-bond acceptors (Lipinski definition) is 1. The third-order valence-corrected chi connectivity index (χ3v) is 3.76. The Morgan fingerprint density at radius 2 is 1.16 bits per heavy atom. The summed E-state index contributed by atoms with van der Waals surface area (Å²) >= 11 is 0. The van der Waals surface area contributed by atoms with E-state index in [1.54, 1.807) is 0 Å². The van der Waals surface area contributed by atoms with Gasteiger partial charge in [0, 0.05) is 22.0 Å². The molecule has 0 saturated heterocycles. The van der Waals surface area contributed by atoms with Gasteiger partial charge >= 0.3 is 0 Å². The van der Waals surface area contributed by atoms with Crippen molar-refractivity contribution in [1.29, 1.82) is 0 Å². The molecule has 2 aliphatic rings. The van der Waals surface area contributed by atoms with Crippen LogP contribution in [0.4, 0.5) is 0 Å². The van der Waals surface area contributed by atoms with Gasteiger partial charge in [0.1, 0.15) is 0 Å². The van der Waals surface area contributed by atoms with Crippen molar-refractivity contribution in [2.75, 3.05) is 0 Å². The van der Waals surface area contributed by atoms with E-state index in [1.807, 2.05) is 88.1 Å². The molecule has 19 heavy (non-hydrogen) atoms. The molecule has 98 valence electrons. The van der Waals surface area contributed by atoms with E-state index < -0.39 is 10.8 Å². The molecule has 0 aromatic heterocycles. The maximum atomic E-state index is 11.8. The zero-order chi connectivity index (χ0) is 12.6. The van der Waals surface area contributed by atoms with Crippen molar-refractivity contribution in [3.8, 4) is 0 Å². The fourth-order valence-electron chi connectivity index (χ4n) is 1.48. The molecule has 3 rings (SSSR count). The van der Waals surface area contributed by atoms with E-state index >= 15 is 0 Å². The van der Waals surface area contributed by atoms with Crippen LogP contribution in [0.1, 0.15) is 0 Å². The topological polar surface area (TPSA) is 17.1 Å². The number of hydrogen-bond donors (Lipinski definition) is 0. The van der Waals surface area contributed by atoms with Crippen LogP contribution in [0.25, 0.3) is 0 Å². The Kier molecular flexibility index (Phi) is 8.69. The van der Waals surface area contributed by atoms with E-state index in [0.717, 1.165) is 10.1 Å². The largest absolute Gasteiger partial charge is 0.254 e. The zero-order valence-electron chi connectivity index (χ0n) is 10.3. The summed E-state index contributed by atoms with van der Waals surface area (Å²) in [5, 5.41) is 0.867. The van der Waals surface area contributed by atoms with Crippen molar-refractivity contribution in [3.05, 3.63) is 93.4 Å². The van der Waals surface area contributed by atoms with Gasteiger partial charge in [-0.1, -0.05) is 18.2 Å². The number of benzene rings is 1. The molecule has 0 amide bonds. The van der Waals surface area contributed by atoms with E-state index in [2.05, 4.69) is 0 Å². The Balaban J connectivity index is 0.000000256. The summed E-state index contributed by atoms with van der Waals surface area (Å²) in [4.78, 5) is 0.855. The third kappa shape index (κ3) is 5.81. The molecular weight excluding hydrogens is 296 g/mol. The monoisotopic (exact) mass is 310 g/mol. The molecule has 0 bridgehead atoms. The van der Waals surface area contributed by atoms with Crippen LogP contribution in [0.2, 0.25) is 0 Å². The molecule has 1 aromatic carbocycles. The minimum Gasteiger partial charge on any atom is -0.254 e. The van der Waals surface area contributed by atoms with Crippen molar-refractivity contribution in [3.63, 3.8) is 0 Å². The second-order valence-electron chi connectivity index (χ2n) is 3.66. The summed E-state index contributed by atoms with van der Waals surface area (Å²) in [5.41, 5.74) is 0. The third-order valence-electron chi connectivity index (χ3n) is 2.36. The van der Waals surface area contributed by atoms with Crippen LogP contribution >= 0.6 is 0 Å². The van der Waals surface area contributed by atoms with Gasteiger partial charge in [0.15, 0.2) is 0 Å². The van der Waals surface area contributed by atoms with Crippen LogP contribution < -0.4 is 0 Å². The first-order valence-corrected chi connectivity index (χ1v) is 6.88. The predicted molar refractivity (Wildman–Crippen MR) is 74.8 cm³/mol. The first-order valence-electron chi connectivity index (χ1n) is 5.73. The molecule has 2 aliphatic carbocycles. The molecule has 10 radical (unpaired) electrons. The van der Waals surface area contributed by atoms with Crippen LogP contribution in [-0.2, 0) is 27.9 Å². The molecule has 0 unspecified atom stereocenters. The van der Waals surface area contributed by atoms with Crippen LogP contribution in [0, 0.1) is 63.0 Å². The van der Waals surface area contributed by atoms with Crippen LogP contribution in [0.15, 0.2) is 35.2 Å². The fraction of sp³-hybridized carbons (Fsp3) is 0. The molecule has 2 fully saturated rings. The van der Waals surface area contributed by atoms with Crippen molar-refractivity contribution < 1.29 is 21.3 Å². The van der Waals surface area contributed by atoms with Gasteiger partial charge < -0.3 is 0 Å². The summed E-state index contributed by atoms with van der Waals surface area (Å²) in [6, 6.07) is 9.48. The van der Waals surface area contributed by atoms with Gasteiger partial charge in [-0.15, -0.1) is 0 Å². The Bertz CT molecular complexity index is 349. The van der Waals surface area contributed by atoms with Crippen molar-refractivity contribution in [2.45, 2.75) is 4.90 Å². The van der Waals surface area contributed by atoms with Gasteiger partial charge in [-0.3, -0.25) is 4.21 Å². The fourth-order valence-corrected chi connectivity index (χ4v) is 2.56. The molecule has 1 nitrogen and oxygen atoms in total. The SMILES string of the molecule is O=[S@]([C]1[CH][CH][CH][CH]1)c1ccccc1.[CH]1[CH][CH][CH][CH]1.[Fe]. The normalized spacial score (nSPS) is 20.2. The van der Waals surface area contributed by atoms with Gasteiger partial charge in [0.05, 0.1) is 16.0 Å². The summed E-state index contributed by atoms with van der Waals surface area (Å²) in [6.45, 7) is 0. The maximum absolute atomic E-state index is 11.8. The second-order valence-corrected chi connectivity index (χ2v) is 5.14. The Labute approximate surface area is 130 Å². The maximum Gasteiger partial charge on any atom is 0.0754 e. The van der Waals surface area contributed by atoms with Crippen LogP contribution in [-0.4, -0.2) is 4.21 Å². The quantitative estimate of drug-likeness (QED) is 0.767. The summed E-state index contributed by atoms with van der Waals surface area (Å²) in [5.74, 6) is 0. The smallest absolute Gasteiger partial charge is 0.0754 e. The standard InChI is InChI=1S/C11H9OS.C5H5.Fe/c12-13(11-8-4-5-9-11)10-6-2-1-3-7-10;1-2-4-5-3-1;/h1-9H;1-5H;/t13-;;/m0../s1. The molecule has 3 heteroatoms. The summed E-state index contributed by atoms with van der Waals surface area (Å²) in [7, 11) is -1.02. The Hall–Kier alpha value is -0.111. The molecule has 2 saturated carbocycles. The predicted octanol–water partition coefficient (Wildman–Crippen LogP) is 3.18. The average molecular weight is 310 g/mol. The first kappa shape index (κ1) is 16.9. The first-order chi connectivity index (χ1) is 8.88. The molecule has 0 spiro atoms. The van der Waals surface area contributed by atoms with Gasteiger partial charge in [0.2, 0.25) is 0 Å². The van der Waals surface area contributed by atoms with E-state index in [0.29, 0.717) is 0 Å². The van der Waals surface area contributed by atoms with E-state index in [-0.39, 0.29) is 17.1 Å². The molecular formula is C16H14FeOS. The van der Waals surface area contributed by atoms with Crippen molar-refractivity contribution in [2.24, 2.45) is 0 Å². The molecule has 0 aliphatic heterocycles. The minimum atomic E-state index is -1.02. The van der Waals surface area contributed by atoms with Crippen molar-refractivity contribution in [1.82, 2.24) is 0 Å². The summed E-state index contributed by atoms with van der Waals surface area (Å²) in [6.07, 6.45) is 17.6. The van der Waals surface area contributed by atoms with E-state index in [4.69, 9.17) is 0 Å².